The van der Waals surface area contributed by atoms with Gasteiger partial charge in [0.25, 0.3) is 5.91 Å². The number of benzene rings is 2. The summed E-state index contributed by atoms with van der Waals surface area (Å²) in [5.41, 5.74) is 4.51. The predicted molar refractivity (Wildman–Crippen MR) is 223 cm³/mol. The molecule has 5 rings (SSSR count). The topological polar surface area (TPSA) is 196 Å². The number of rotatable bonds is 17. The second-order valence-electron chi connectivity index (χ2n) is 15.8. The molecule has 2 aromatic carbocycles. The number of nitrogens with zero attached hydrogens (tertiary/aromatic N) is 5. The number of aromatic amines is 1. The van der Waals surface area contributed by atoms with Crippen LogP contribution in [0.4, 0.5) is 10.5 Å². The molecule has 310 valence electrons. The zero-order valence-electron chi connectivity index (χ0n) is 34.6. The Labute approximate surface area is 340 Å². The third kappa shape index (κ3) is 12.9. The highest BCUT2D eigenvalue weighted by molar-refractivity contribution is 5.98. The van der Waals surface area contributed by atoms with Crippen molar-refractivity contribution in [2.75, 3.05) is 38.0 Å². The smallest absolute Gasteiger partial charge is 0.407 e. The lowest BCUT2D eigenvalue weighted by molar-refractivity contribution is -0.130. The minimum absolute atomic E-state index is 0.169. The number of tetrazole rings is 1. The van der Waals surface area contributed by atoms with Crippen LogP contribution in [0.25, 0.3) is 22.5 Å². The van der Waals surface area contributed by atoms with Crippen molar-refractivity contribution in [2.24, 2.45) is 11.8 Å². The quantitative estimate of drug-likeness (QED) is 0.0828. The summed E-state index contributed by atoms with van der Waals surface area (Å²) in [6.07, 6.45) is 3.54. The number of amides is 4. The van der Waals surface area contributed by atoms with E-state index in [0.29, 0.717) is 43.1 Å². The molecule has 2 heterocycles. The van der Waals surface area contributed by atoms with Crippen molar-refractivity contribution in [3.63, 3.8) is 0 Å². The van der Waals surface area contributed by atoms with Gasteiger partial charge in [-0.3, -0.25) is 14.4 Å². The summed E-state index contributed by atoms with van der Waals surface area (Å²) in [4.78, 5) is 59.4. The first-order valence-corrected chi connectivity index (χ1v) is 20.3. The number of hydrogen-bond acceptors (Lipinski definition) is 10. The van der Waals surface area contributed by atoms with Crippen LogP contribution in [0, 0.1) is 18.8 Å². The van der Waals surface area contributed by atoms with Gasteiger partial charge in [-0.05, 0) is 132 Å². The molecule has 4 aromatic rings. The molecule has 1 saturated carbocycles. The molecular formula is C43H58N10O5. The summed E-state index contributed by atoms with van der Waals surface area (Å²) in [6, 6.07) is 17.7. The van der Waals surface area contributed by atoms with Crippen LogP contribution in [0.2, 0.25) is 0 Å². The zero-order valence-corrected chi connectivity index (χ0v) is 34.6. The second-order valence-corrected chi connectivity index (χ2v) is 15.8. The molecule has 0 radical (unpaired) electrons. The molecule has 58 heavy (non-hydrogen) atoms. The number of carbonyl (C=O) groups excluding carboxylic acids is 4. The SMILES string of the molecule is CCN(CC)CCCNC(=O)c1ccc(-c2ccc(C[C@H](NC(=O)C3CCC(CNC(=O)OC(C)(C)C)CC3)C(=O)Nc3ccc(-c4nn[nH]n4)cc3)cc2)c(C)n1. The van der Waals surface area contributed by atoms with Crippen LogP contribution in [0.3, 0.4) is 0 Å². The average Bonchev–Trinajstić information content (AvgIpc) is 3.75. The van der Waals surface area contributed by atoms with E-state index in [9.17, 15) is 19.2 Å². The highest BCUT2D eigenvalue weighted by Gasteiger charge is 2.30. The van der Waals surface area contributed by atoms with E-state index >= 15 is 0 Å². The number of nitrogens with one attached hydrogen (secondary N) is 5. The van der Waals surface area contributed by atoms with Gasteiger partial charge in [-0.2, -0.15) is 5.21 Å². The standard InChI is InChI=1S/C43H58N10O5/c1-7-53(8-2)25-9-24-44-40(55)36-23-22-35(28(3)46-36)31-14-10-29(11-15-31)26-37(41(56)47-34-20-18-32(19-21-34)38-49-51-52-50-38)48-39(54)33-16-12-30(13-17-33)27-45-42(57)58-43(4,5)6/h10-11,14-15,18-23,30,33,37H,7-9,12-13,16-17,24-27H2,1-6H3,(H,44,55)(H,45,57)(H,47,56)(H,48,54)(H,49,50,51,52)/t30?,33?,37-/m0/s1. The fraction of sp³-hybridized carbons (Fsp3) is 0.488. The second kappa shape index (κ2) is 20.6. The predicted octanol–water partition coefficient (Wildman–Crippen LogP) is 5.70. The van der Waals surface area contributed by atoms with Gasteiger partial charge in [-0.15, -0.1) is 10.2 Å². The summed E-state index contributed by atoms with van der Waals surface area (Å²) in [5, 5.41) is 25.9. The first-order valence-electron chi connectivity index (χ1n) is 20.3. The number of alkyl carbamates (subject to hydrolysis) is 1. The van der Waals surface area contributed by atoms with Gasteiger partial charge in [0.2, 0.25) is 17.6 Å². The molecule has 5 N–H and O–H groups in total. The molecular weight excluding hydrogens is 737 g/mol. The fourth-order valence-corrected chi connectivity index (χ4v) is 7.07. The molecule has 1 fully saturated rings. The van der Waals surface area contributed by atoms with Crippen LogP contribution in [0.5, 0.6) is 0 Å². The average molecular weight is 795 g/mol. The Morgan fingerprint density at radius 3 is 2.21 bits per heavy atom. The Morgan fingerprint density at radius 1 is 0.897 bits per heavy atom. The molecule has 0 bridgehead atoms. The van der Waals surface area contributed by atoms with E-state index in [1.807, 2.05) is 58.0 Å². The van der Waals surface area contributed by atoms with E-state index in [4.69, 9.17) is 4.74 Å². The van der Waals surface area contributed by atoms with Crippen molar-refractivity contribution in [3.05, 3.63) is 77.6 Å². The van der Waals surface area contributed by atoms with Crippen LogP contribution in [0.15, 0.2) is 60.7 Å². The molecule has 15 heteroatoms. The van der Waals surface area contributed by atoms with E-state index in [2.05, 4.69) is 65.6 Å². The third-order valence-electron chi connectivity index (χ3n) is 10.4. The largest absolute Gasteiger partial charge is 0.444 e. The lowest BCUT2D eigenvalue weighted by atomic mass is 9.81. The first-order chi connectivity index (χ1) is 27.8. The summed E-state index contributed by atoms with van der Waals surface area (Å²) < 4.78 is 5.36. The highest BCUT2D eigenvalue weighted by atomic mass is 16.6. The summed E-state index contributed by atoms with van der Waals surface area (Å²) >= 11 is 0. The van der Waals surface area contributed by atoms with E-state index in [1.165, 1.54) is 0 Å². The van der Waals surface area contributed by atoms with Crippen molar-refractivity contribution < 1.29 is 23.9 Å². The van der Waals surface area contributed by atoms with Crippen LogP contribution >= 0.6 is 0 Å². The number of aryl methyl sites for hydroxylation is 1. The van der Waals surface area contributed by atoms with Crippen molar-refractivity contribution >= 4 is 29.5 Å². The van der Waals surface area contributed by atoms with Crippen molar-refractivity contribution in [1.29, 1.82) is 0 Å². The van der Waals surface area contributed by atoms with Gasteiger partial charge in [0.15, 0.2) is 0 Å². The molecule has 0 aliphatic heterocycles. The normalized spacial score (nSPS) is 16.0. The lowest BCUT2D eigenvalue weighted by Crippen LogP contribution is -2.48. The van der Waals surface area contributed by atoms with Crippen molar-refractivity contribution in [2.45, 2.75) is 91.7 Å². The number of hydrogen-bond donors (Lipinski definition) is 5. The van der Waals surface area contributed by atoms with E-state index in [0.717, 1.165) is 66.8 Å². The molecule has 1 aliphatic carbocycles. The number of anilines is 1. The Kier molecular flexibility index (Phi) is 15.5. The molecule has 15 nitrogen and oxygen atoms in total. The van der Waals surface area contributed by atoms with Gasteiger partial charge in [0.05, 0.1) is 0 Å². The van der Waals surface area contributed by atoms with Gasteiger partial charge >= 0.3 is 6.09 Å². The van der Waals surface area contributed by atoms with Gasteiger partial charge in [0, 0.05) is 47.9 Å². The molecule has 0 spiro atoms. The Hall–Kier alpha value is -5.70. The lowest BCUT2D eigenvalue weighted by Gasteiger charge is -2.29. The molecule has 2 aromatic heterocycles. The van der Waals surface area contributed by atoms with Gasteiger partial charge in [-0.25, -0.2) is 9.78 Å². The number of H-pyrrole nitrogens is 1. The Morgan fingerprint density at radius 2 is 1.59 bits per heavy atom. The van der Waals surface area contributed by atoms with E-state index in [-0.39, 0.29) is 36.0 Å². The Bertz CT molecular complexity index is 1950. The third-order valence-corrected chi connectivity index (χ3v) is 10.4. The highest BCUT2D eigenvalue weighted by Crippen LogP contribution is 2.29. The molecule has 1 aliphatic rings. The van der Waals surface area contributed by atoms with Crippen LogP contribution < -0.4 is 21.3 Å². The number of carbonyl (C=O) groups is 4. The minimum Gasteiger partial charge on any atom is -0.444 e. The summed E-state index contributed by atoms with van der Waals surface area (Å²) in [6.45, 7) is 15.6. The molecule has 4 amide bonds. The monoisotopic (exact) mass is 794 g/mol. The van der Waals surface area contributed by atoms with Crippen LogP contribution in [-0.4, -0.2) is 98.7 Å². The van der Waals surface area contributed by atoms with Crippen LogP contribution in [0.1, 0.15) is 88.5 Å². The number of ether oxygens (including phenoxy) is 1. The van der Waals surface area contributed by atoms with Gasteiger partial charge in [-0.1, -0.05) is 44.2 Å². The van der Waals surface area contributed by atoms with E-state index < -0.39 is 17.7 Å². The molecule has 1 atom stereocenters. The fourth-order valence-electron chi connectivity index (χ4n) is 7.07. The molecule has 0 unspecified atom stereocenters. The Balaban J connectivity index is 1.22. The van der Waals surface area contributed by atoms with Crippen LogP contribution in [-0.2, 0) is 20.7 Å². The maximum Gasteiger partial charge on any atom is 0.407 e. The summed E-state index contributed by atoms with van der Waals surface area (Å²) in [7, 11) is 0. The molecule has 0 saturated heterocycles. The number of pyridine rings is 1. The van der Waals surface area contributed by atoms with Crippen molar-refractivity contribution in [3.8, 4) is 22.5 Å². The minimum atomic E-state index is -0.852. The van der Waals surface area contributed by atoms with Gasteiger partial charge in [0.1, 0.15) is 17.3 Å². The van der Waals surface area contributed by atoms with Gasteiger partial charge < -0.3 is 30.9 Å². The summed E-state index contributed by atoms with van der Waals surface area (Å²) in [5.74, 6) is -0.283. The maximum atomic E-state index is 13.8. The number of aromatic nitrogens is 5. The van der Waals surface area contributed by atoms with E-state index in [1.54, 1.807) is 30.3 Å². The maximum absolute atomic E-state index is 13.8. The zero-order chi connectivity index (χ0) is 41.7. The van der Waals surface area contributed by atoms with Crippen molar-refractivity contribution in [1.82, 2.24) is 46.5 Å². The first kappa shape index (κ1) is 43.4.